The molecule has 0 spiro atoms. The van der Waals surface area contributed by atoms with Gasteiger partial charge in [0.2, 0.25) is 5.91 Å². The maximum absolute atomic E-state index is 11.8. The van der Waals surface area contributed by atoms with E-state index >= 15 is 0 Å². The van der Waals surface area contributed by atoms with E-state index in [1.54, 1.807) is 16.3 Å². The van der Waals surface area contributed by atoms with E-state index in [4.69, 9.17) is 0 Å². The van der Waals surface area contributed by atoms with Crippen LogP contribution < -0.4 is 11.0 Å². The number of carbonyl (C=O) groups is 1. The first-order valence-electron chi connectivity index (χ1n) is 6.61. The Morgan fingerprint density at radius 3 is 3.11 bits per heavy atom. The molecule has 106 valence electrons. The van der Waals surface area contributed by atoms with E-state index in [-0.39, 0.29) is 17.6 Å². The average molecular weight is 284 g/mol. The summed E-state index contributed by atoms with van der Waals surface area (Å²) in [6.07, 6.45) is 2.34. The molecule has 0 aromatic carbocycles. The number of aryl methyl sites for hydroxylation is 1. The number of H-pyrrole nitrogens is 1. The lowest BCUT2D eigenvalue weighted by atomic mass is 10.1. The van der Waals surface area contributed by atoms with Crippen molar-refractivity contribution in [1.82, 2.24) is 20.1 Å². The van der Waals surface area contributed by atoms with Crippen molar-refractivity contribution in [3.05, 3.63) is 16.3 Å². The van der Waals surface area contributed by atoms with Crippen molar-refractivity contribution >= 4 is 17.7 Å². The average Bonchev–Trinajstić information content (AvgIpc) is 2.58. The van der Waals surface area contributed by atoms with Crippen molar-refractivity contribution in [2.45, 2.75) is 50.9 Å². The SMILES string of the molecule is CC(C)SCC(=O)NC1CCc2n[nH]c(=O)n2CC1. The molecule has 2 rings (SSSR count). The standard InChI is InChI=1S/C12H20N4O2S/c1-8(2)19-7-11(17)13-9-3-4-10-14-15-12(18)16(10)6-5-9/h8-9H,3-7H2,1-2H3,(H,13,17)(H,15,18). The van der Waals surface area contributed by atoms with Gasteiger partial charge in [-0.1, -0.05) is 13.8 Å². The fourth-order valence-corrected chi connectivity index (χ4v) is 2.73. The van der Waals surface area contributed by atoms with Gasteiger partial charge < -0.3 is 5.32 Å². The number of carbonyl (C=O) groups excluding carboxylic acids is 1. The summed E-state index contributed by atoms with van der Waals surface area (Å²) in [5, 5.41) is 9.97. The van der Waals surface area contributed by atoms with Gasteiger partial charge >= 0.3 is 5.69 Å². The minimum atomic E-state index is -0.155. The molecule has 2 heterocycles. The van der Waals surface area contributed by atoms with Crippen molar-refractivity contribution in [2.75, 3.05) is 5.75 Å². The Morgan fingerprint density at radius 1 is 1.58 bits per heavy atom. The van der Waals surface area contributed by atoms with E-state index < -0.39 is 0 Å². The topological polar surface area (TPSA) is 79.8 Å². The van der Waals surface area contributed by atoms with Gasteiger partial charge in [-0.25, -0.2) is 9.89 Å². The van der Waals surface area contributed by atoms with Crippen LogP contribution in [0.5, 0.6) is 0 Å². The molecule has 0 radical (unpaired) electrons. The molecule has 6 nitrogen and oxygen atoms in total. The molecule has 2 N–H and O–H groups in total. The van der Waals surface area contributed by atoms with Crippen LogP contribution in [0.1, 0.15) is 32.5 Å². The van der Waals surface area contributed by atoms with Gasteiger partial charge in [-0.15, -0.1) is 11.8 Å². The van der Waals surface area contributed by atoms with Gasteiger partial charge in [-0.3, -0.25) is 9.36 Å². The summed E-state index contributed by atoms with van der Waals surface area (Å²) in [7, 11) is 0. The van der Waals surface area contributed by atoms with Crippen LogP contribution >= 0.6 is 11.8 Å². The van der Waals surface area contributed by atoms with Crippen LogP contribution in [0.4, 0.5) is 0 Å². The highest BCUT2D eigenvalue weighted by Crippen LogP contribution is 2.12. The molecule has 1 amide bonds. The van der Waals surface area contributed by atoms with Crippen LogP contribution in [-0.4, -0.2) is 37.7 Å². The lowest BCUT2D eigenvalue weighted by Crippen LogP contribution is -2.36. The third kappa shape index (κ3) is 3.86. The molecule has 1 atom stereocenters. The summed E-state index contributed by atoms with van der Waals surface area (Å²) >= 11 is 1.64. The lowest BCUT2D eigenvalue weighted by molar-refractivity contribution is -0.119. The Bertz CT molecular complexity index is 494. The van der Waals surface area contributed by atoms with E-state index in [1.807, 2.05) is 0 Å². The van der Waals surface area contributed by atoms with Gasteiger partial charge in [0, 0.05) is 19.0 Å². The van der Waals surface area contributed by atoms with Crippen LogP contribution in [0.25, 0.3) is 0 Å². The van der Waals surface area contributed by atoms with Crippen LogP contribution in [0.2, 0.25) is 0 Å². The zero-order chi connectivity index (χ0) is 13.8. The fraction of sp³-hybridized carbons (Fsp3) is 0.750. The molecule has 1 aromatic rings. The number of thioether (sulfide) groups is 1. The van der Waals surface area contributed by atoms with E-state index in [9.17, 15) is 9.59 Å². The van der Waals surface area contributed by atoms with Gasteiger partial charge in [0.25, 0.3) is 0 Å². The second-order valence-electron chi connectivity index (χ2n) is 5.05. The van der Waals surface area contributed by atoms with E-state index in [1.165, 1.54) is 0 Å². The normalized spacial score (nSPS) is 19.0. The number of fused-ring (bicyclic) bond motifs is 1. The number of nitrogens with zero attached hydrogens (tertiary/aromatic N) is 2. The molecule has 0 saturated heterocycles. The number of hydrogen-bond acceptors (Lipinski definition) is 4. The van der Waals surface area contributed by atoms with Crippen LogP contribution in [0.3, 0.4) is 0 Å². The second-order valence-corrected chi connectivity index (χ2v) is 6.61. The zero-order valence-electron chi connectivity index (χ0n) is 11.3. The van der Waals surface area contributed by atoms with Gasteiger partial charge in [-0.05, 0) is 18.1 Å². The van der Waals surface area contributed by atoms with Crippen LogP contribution in [0, 0.1) is 0 Å². The molecule has 0 saturated carbocycles. The lowest BCUT2D eigenvalue weighted by Gasteiger charge is -2.16. The third-order valence-electron chi connectivity index (χ3n) is 3.17. The first-order valence-corrected chi connectivity index (χ1v) is 7.66. The second kappa shape index (κ2) is 6.27. The predicted molar refractivity (Wildman–Crippen MR) is 75.3 cm³/mol. The molecule has 0 bridgehead atoms. The Labute approximate surface area is 116 Å². The van der Waals surface area contributed by atoms with Gasteiger partial charge in [0.15, 0.2) is 0 Å². The Kier molecular flexibility index (Phi) is 4.68. The summed E-state index contributed by atoms with van der Waals surface area (Å²) < 4.78 is 1.66. The van der Waals surface area contributed by atoms with Crippen molar-refractivity contribution in [2.24, 2.45) is 0 Å². The van der Waals surface area contributed by atoms with E-state index in [0.29, 0.717) is 17.5 Å². The van der Waals surface area contributed by atoms with Crippen molar-refractivity contribution in [1.29, 1.82) is 0 Å². The molecule has 1 aliphatic heterocycles. The zero-order valence-corrected chi connectivity index (χ0v) is 12.1. The first kappa shape index (κ1) is 14.2. The molecule has 0 aliphatic carbocycles. The van der Waals surface area contributed by atoms with Gasteiger partial charge in [-0.2, -0.15) is 5.10 Å². The summed E-state index contributed by atoms with van der Waals surface area (Å²) in [6, 6.07) is 0.140. The highest BCUT2D eigenvalue weighted by molar-refractivity contribution is 8.00. The number of rotatable bonds is 4. The molecule has 1 aromatic heterocycles. The largest absolute Gasteiger partial charge is 0.353 e. The number of hydrogen-bond donors (Lipinski definition) is 2. The predicted octanol–water partition coefficient (Wildman–Crippen LogP) is 0.534. The Balaban J connectivity index is 1.85. The van der Waals surface area contributed by atoms with Crippen LogP contribution in [0.15, 0.2) is 4.79 Å². The minimum absolute atomic E-state index is 0.0807. The fourth-order valence-electron chi connectivity index (χ4n) is 2.16. The Morgan fingerprint density at radius 2 is 2.37 bits per heavy atom. The van der Waals surface area contributed by atoms with E-state index in [0.717, 1.165) is 25.1 Å². The van der Waals surface area contributed by atoms with Gasteiger partial charge in [0.05, 0.1) is 5.75 Å². The smallest absolute Gasteiger partial charge is 0.343 e. The number of aromatic amines is 1. The number of amides is 1. The molecule has 0 fully saturated rings. The third-order valence-corrected chi connectivity index (χ3v) is 4.26. The summed E-state index contributed by atoms with van der Waals surface area (Å²) in [5.74, 6) is 1.37. The monoisotopic (exact) mass is 284 g/mol. The Hall–Kier alpha value is -1.24. The van der Waals surface area contributed by atoms with Crippen molar-refractivity contribution < 1.29 is 4.79 Å². The minimum Gasteiger partial charge on any atom is -0.353 e. The van der Waals surface area contributed by atoms with Crippen LogP contribution in [-0.2, 0) is 17.8 Å². The first-order chi connectivity index (χ1) is 9.06. The van der Waals surface area contributed by atoms with Gasteiger partial charge in [0.1, 0.15) is 5.82 Å². The molecule has 1 unspecified atom stereocenters. The maximum Gasteiger partial charge on any atom is 0.343 e. The molecule has 1 aliphatic rings. The molecule has 7 heteroatoms. The number of nitrogens with one attached hydrogen (secondary N) is 2. The molecular formula is C12H20N4O2S. The molecule has 19 heavy (non-hydrogen) atoms. The summed E-state index contributed by atoms with van der Waals surface area (Å²) in [6.45, 7) is 4.77. The maximum atomic E-state index is 11.8. The summed E-state index contributed by atoms with van der Waals surface area (Å²) in [4.78, 5) is 23.3. The van der Waals surface area contributed by atoms with Crippen molar-refractivity contribution in [3.63, 3.8) is 0 Å². The van der Waals surface area contributed by atoms with E-state index in [2.05, 4.69) is 29.4 Å². The quantitative estimate of drug-likeness (QED) is 0.845. The molecular weight excluding hydrogens is 264 g/mol. The van der Waals surface area contributed by atoms with Crippen molar-refractivity contribution in [3.8, 4) is 0 Å². The number of aromatic nitrogens is 3. The summed E-state index contributed by atoms with van der Waals surface area (Å²) in [5.41, 5.74) is -0.155. The highest BCUT2D eigenvalue weighted by Gasteiger charge is 2.20. The highest BCUT2D eigenvalue weighted by atomic mass is 32.2.